The maximum Gasteiger partial charge on any atom is 0.341 e. The summed E-state index contributed by atoms with van der Waals surface area (Å²) < 4.78 is 5.06. The Labute approximate surface area is 155 Å². The second-order valence-corrected chi connectivity index (χ2v) is 6.57. The second kappa shape index (κ2) is 7.89. The number of carbonyl (C=O) groups excluding carboxylic acids is 2. The van der Waals surface area contributed by atoms with Crippen LogP contribution in [0.4, 0.5) is 0 Å². The molecule has 0 saturated heterocycles. The predicted molar refractivity (Wildman–Crippen MR) is 94.0 cm³/mol. The summed E-state index contributed by atoms with van der Waals surface area (Å²) in [6.45, 7) is -0.537. The minimum Gasteiger partial charge on any atom is -0.480 e. The van der Waals surface area contributed by atoms with Gasteiger partial charge in [0.2, 0.25) is 5.91 Å². The largest absolute Gasteiger partial charge is 0.480 e. The standard InChI is InChI=1S/C17H17Cl2NO5/c1-20(2)17(24)11-4-3-9(7-12(11)21)10-5-6-13(16(19)15(10)18)25-8-14(22)23/h5-7,11H,3-4,8H2,1-2H3,(H,22,23). The molecule has 2 rings (SSSR count). The quantitative estimate of drug-likeness (QED) is 0.787. The number of benzene rings is 1. The molecule has 1 aromatic carbocycles. The fourth-order valence-electron chi connectivity index (χ4n) is 2.59. The van der Waals surface area contributed by atoms with Gasteiger partial charge >= 0.3 is 5.97 Å². The summed E-state index contributed by atoms with van der Waals surface area (Å²) in [6.07, 6.45) is 2.32. The second-order valence-electron chi connectivity index (χ2n) is 5.82. The number of carbonyl (C=O) groups is 3. The van der Waals surface area contributed by atoms with Gasteiger partial charge in [-0.25, -0.2) is 4.79 Å². The van der Waals surface area contributed by atoms with Crippen molar-refractivity contribution in [1.82, 2.24) is 4.90 Å². The number of nitrogens with zero attached hydrogens (tertiary/aromatic N) is 1. The first-order valence-electron chi connectivity index (χ1n) is 7.51. The smallest absolute Gasteiger partial charge is 0.341 e. The van der Waals surface area contributed by atoms with Crippen LogP contribution in [0.2, 0.25) is 10.0 Å². The van der Waals surface area contributed by atoms with Gasteiger partial charge in [-0.05, 0) is 42.2 Å². The SMILES string of the molecule is CN(C)C(=O)C1CCC(c2ccc(OCC(=O)O)c(Cl)c2Cl)=CC1=O. The molecule has 0 spiro atoms. The third-order valence-corrected chi connectivity index (χ3v) is 4.71. The Bertz CT molecular complexity index is 758. The van der Waals surface area contributed by atoms with E-state index in [0.29, 0.717) is 24.0 Å². The number of carboxylic acid groups (broad SMARTS) is 1. The van der Waals surface area contributed by atoms with Crippen molar-refractivity contribution in [3.05, 3.63) is 33.8 Å². The van der Waals surface area contributed by atoms with Gasteiger partial charge < -0.3 is 14.7 Å². The molecule has 0 aromatic heterocycles. The third kappa shape index (κ3) is 4.32. The van der Waals surface area contributed by atoms with Crippen LogP contribution in [0.3, 0.4) is 0 Å². The van der Waals surface area contributed by atoms with E-state index < -0.39 is 18.5 Å². The Hall–Kier alpha value is -2.05. The molecule has 1 atom stereocenters. The van der Waals surface area contributed by atoms with Crippen LogP contribution in [-0.4, -0.2) is 48.4 Å². The molecule has 25 heavy (non-hydrogen) atoms. The van der Waals surface area contributed by atoms with Gasteiger partial charge in [-0.15, -0.1) is 0 Å². The molecule has 0 saturated carbocycles. The Morgan fingerprint density at radius 3 is 2.52 bits per heavy atom. The number of amides is 1. The zero-order chi connectivity index (χ0) is 18.7. The lowest BCUT2D eigenvalue weighted by molar-refractivity contribution is -0.140. The number of hydrogen-bond donors (Lipinski definition) is 1. The molecule has 134 valence electrons. The van der Waals surface area contributed by atoms with Crippen LogP contribution in [-0.2, 0) is 14.4 Å². The maximum absolute atomic E-state index is 12.3. The van der Waals surface area contributed by atoms with E-state index in [1.807, 2.05) is 0 Å². The fraction of sp³-hybridized carbons (Fsp3) is 0.353. The van der Waals surface area contributed by atoms with Crippen molar-refractivity contribution < 1.29 is 24.2 Å². The highest BCUT2D eigenvalue weighted by Crippen LogP contribution is 2.40. The minimum atomic E-state index is -1.13. The number of hydrogen-bond acceptors (Lipinski definition) is 4. The highest BCUT2D eigenvalue weighted by atomic mass is 35.5. The van der Waals surface area contributed by atoms with Crippen molar-refractivity contribution in [1.29, 1.82) is 0 Å². The third-order valence-electron chi connectivity index (χ3n) is 3.85. The average molecular weight is 386 g/mol. The number of rotatable bonds is 5. The van der Waals surface area contributed by atoms with Crippen molar-refractivity contribution in [2.75, 3.05) is 20.7 Å². The van der Waals surface area contributed by atoms with Crippen molar-refractivity contribution >= 4 is 46.4 Å². The Balaban J connectivity index is 2.26. The predicted octanol–water partition coefficient (Wildman–Crippen LogP) is 2.91. The molecule has 8 heteroatoms. The van der Waals surface area contributed by atoms with Crippen LogP contribution in [0, 0.1) is 5.92 Å². The van der Waals surface area contributed by atoms with E-state index in [9.17, 15) is 14.4 Å². The highest BCUT2D eigenvalue weighted by molar-refractivity contribution is 6.44. The van der Waals surface area contributed by atoms with Crippen LogP contribution in [0.15, 0.2) is 18.2 Å². The van der Waals surface area contributed by atoms with E-state index in [2.05, 4.69) is 0 Å². The van der Waals surface area contributed by atoms with Gasteiger partial charge in [-0.2, -0.15) is 0 Å². The normalized spacial score (nSPS) is 17.0. The summed E-state index contributed by atoms with van der Waals surface area (Å²) in [6, 6.07) is 3.13. The lowest BCUT2D eigenvalue weighted by Gasteiger charge is -2.23. The zero-order valence-corrected chi connectivity index (χ0v) is 15.2. The summed E-state index contributed by atoms with van der Waals surface area (Å²) in [5, 5.41) is 8.92. The molecule has 0 radical (unpaired) electrons. The monoisotopic (exact) mass is 385 g/mol. The molecular weight excluding hydrogens is 369 g/mol. The topological polar surface area (TPSA) is 83.9 Å². The fourth-order valence-corrected chi connectivity index (χ4v) is 3.08. The zero-order valence-electron chi connectivity index (χ0n) is 13.7. The van der Waals surface area contributed by atoms with E-state index >= 15 is 0 Å². The van der Waals surface area contributed by atoms with Crippen LogP contribution < -0.4 is 4.74 Å². The highest BCUT2D eigenvalue weighted by Gasteiger charge is 2.31. The van der Waals surface area contributed by atoms with Crippen LogP contribution in [0.25, 0.3) is 5.57 Å². The Morgan fingerprint density at radius 1 is 1.28 bits per heavy atom. The van der Waals surface area contributed by atoms with E-state index in [1.165, 1.54) is 17.0 Å². The van der Waals surface area contributed by atoms with Crippen molar-refractivity contribution in [2.45, 2.75) is 12.8 Å². The van der Waals surface area contributed by atoms with E-state index in [4.69, 9.17) is 33.0 Å². The van der Waals surface area contributed by atoms with Crippen LogP contribution in [0.1, 0.15) is 18.4 Å². The van der Waals surface area contributed by atoms with Gasteiger partial charge in [0.15, 0.2) is 12.4 Å². The number of aliphatic carboxylic acids is 1. The number of allylic oxidation sites excluding steroid dienone is 2. The maximum atomic E-state index is 12.3. The minimum absolute atomic E-state index is 0.0836. The molecule has 1 unspecified atom stereocenters. The van der Waals surface area contributed by atoms with Gasteiger partial charge in [0, 0.05) is 14.1 Å². The molecule has 1 amide bonds. The first-order valence-corrected chi connectivity index (χ1v) is 8.26. The van der Waals surface area contributed by atoms with Crippen LogP contribution in [0.5, 0.6) is 5.75 Å². The summed E-state index contributed by atoms with van der Waals surface area (Å²) in [5.41, 5.74) is 1.25. The van der Waals surface area contributed by atoms with Crippen molar-refractivity contribution in [2.24, 2.45) is 5.92 Å². The molecule has 1 N–H and O–H groups in total. The molecule has 1 aliphatic carbocycles. The average Bonchev–Trinajstić information content (AvgIpc) is 2.55. The first-order chi connectivity index (χ1) is 11.7. The lowest BCUT2D eigenvalue weighted by atomic mass is 9.85. The summed E-state index contributed by atoms with van der Waals surface area (Å²) in [4.78, 5) is 36.3. The molecule has 1 aliphatic rings. The summed E-state index contributed by atoms with van der Waals surface area (Å²) >= 11 is 12.4. The molecule has 0 aliphatic heterocycles. The molecular formula is C17H17Cl2NO5. The molecule has 0 bridgehead atoms. The van der Waals surface area contributed by atoms with Gasteiger partial charge in [-0.1, -0.05) is 23.2 Å². The van der Waals surface area contributed by atoms with E-state index in [1.54, 1.807) is 20.2 Å². The van der Waals surface area contributed by atoms with E-state index in [-0.39, 0.29) is 27.5 Å². The number of halogens is 2. The van der Waals surface area contributed by atoms with Gasteiger partial charge in [0.25, 0.3) is 0 Å². The van der Waals surface area contributed by atoms with Gasteiger partial charge in [0.1, 0.15) is 16.7 Å². The lowest BCUT2D eigenvalue weighted by Crippen LogP contribution is -2.35. The molecule has 6 nitrogen and oxygen atoms in total. The summed E-state index contributed by atoms with van der Waals surface area (Å²) in [7, 11) is 3.22. The summed E-state index contributed by atoms with van der Waals surface area (Å²) in [5.74, 6) is -2.14. The first kappa shape index (κ1) is 19.3. The molecule has 0 fully saturated rings. The number of ketones is 1. The van der Waals surface area contributed by atoms with Crippen LogP contribution >= 0.6 is 23.2 Å². The number of carboxylic acids is 1. The Kier molecular flexibility index (Phi) is 6.08. The van der Waals surface area contributed by atoms with Gasteiger partial charge in [0.05, 0.1) is 5.02 Å². The van der Waals surface area contributed by atoms with Gasteiger partial charge in [-0.3, -0.25) is 9.59 Å². The molecule has 1 aromatic rings. The number of ether oxygens (including phenoxy) is 1. The molecule has 0 heterocycles. The van der Waals surface area contributed by atoms with E-state index in [0.717, 1.165) is 0 Å². The van der Waals surface area contributed by atoms with Crippen molar-refractivity contribution in [3.63, 3.8) is 0 Å². The Morgan fingerprint density at radius 2 is 1.96 bits per heavy atom. The van der Waals surface area contributed by atoms with Crippen molar-refractivity contribution in [3.8, 4) is 5.75 Å².